The number of aliphatic hydroxyl groups is 1. The van der Waals surface area contributed by atoms with Crippen molar-refractivity contribution in [2.24, 2.45) is 0 Å². The Bertz CT molecular complexity index is 597. The first-order valence-electron chi connectivity index (χ1n) is 5.28. The molecule has 8 heteroatoms. The molecule has 0 bridgehead atoms. The van der Waals surface area contributed by atoms with Crippen molar-refractivity contribution in [3.63, 3.8) is 0 Å². The SMILES string of the molecule is Cc1cc(S(=O)(=O)NCC(C)(O)C(=O)O)ccc1Br. The lowest BCUT2D eigenvalue weighted by atomic mass is 10.1. The number of carbonyl (C=O) groups is 1. The van der Waals surface area contributed by atoms with Crippen LogP contribution in [-0.4, -0.2) is 36.7 Å². The standard InChI is InChI=1S/C11H14BrNO5S/c1-7-5-8(3-4-9(7)12)19(17,18)13-6-11(2,16)10(14)15/h3-5,13,16H,6H2,1-2H3,(H,14,15). The van der Waals surface area contributed by atoms with Crippen molar-refractivity contribution >= 4 is 31.9 Å². The van der Waals surface area contributed by atoms with E-state index in [1.807, 2.05) is 0 Å². The minimum absolute atomic E-state index is 0.00869. The van der Waals surface area contributed by atoms with Gasteiger partial charge < -0.3 is 10.2 Å². The van der Waals surface area contributed by atoms with Crippen LogP contribution in [-0.2, 0) is 14.8 Å². The van der Waals surface area contributed by atoms with Crippen molar-refractivity contribution in [3.8, 4) is 0 Å². The van der Waals surface area contributed by atoms with Crippen LogP contribution in [0.15, 0.2) is 27.6 Å². The maximum atomic E-state index is 11.9. The Kier molecular flexibility index (Phi) is 4.72. The molecule has 0 spiro atoms. The number of halogens is 1. The Morgan fingerprint density at radius 2 is 2.05 bits per heavy atom. The summed E-state index contributed by atoms with van der Waals surface area (Å²) >= 11 is 3.25. The quantitative estimate of drug-likeness (QED) is 0.730. The minimum atomic E-state index is -3.86. The second-order valence-corrected chi connectivity index (χ2v) is 6.94. The van der Waals surface area contributed by atoms with Crippen molar-refractivity contribution < 1.29 is 23.4 Å². The first kappa shape index (κ1) is 16.1. The van der Waals surface area contributed by atoms with Gasteiger partial charge in [-0.25, -0.2) is 17.9 Å². The smallest absolute Gasteiger partial charge is 0.336 e. The lowest BCUT2D eigenvalue weighted by molar-refractivity contribution is -0.155. The van der Waals surface area contributed by atoms with Crippen LogP contribution >= 0.6 is 15.9 Å². The van der Waals surface area contributed by atoms with Crippen LogP contribution in [0.3, 0.4) is 0 Å². The summed E-state index contributed by atoms with van der Waals surface area (Å²) in [6, 6.07) is 4.41. The van der Waals surface area contributed by atoms with Gasteiger partial charge >= 0.3 is 5.97 Å². The summed E-state index contributed by atoms with van der Waals surface area (Å²) in [6.45, 7) is 2.14. The third-order valence-electron chi connectivity index (χ3n) is 2.51. The molecule has 0 fully saturated rings. The minimum Gasteiger partial charge on any atom is -0.479 e. The van der Waals surface area contributed by atoms with E-state index in [0.29, 0.717) is 0 Å². The topological polar surface area (TPSA) is 104 Å². The van der Waals surface area contributed by atoms with E-state index in [1.165, 1.54) is 12.1 Å². The highest BCUT2D eigenvalue weighted by molar-refractivity contribution is 9.10. The predicted molar refractivity (Wildman–Crippen MR) is 72.3 cm³/mol. The summed E-state index contributed by atoms with van der Waals surface area (Å²) in [5, 5.41) is 18.2. The summed E-state index contributed by atoms with van der Waals surface area (Å²) in [5.41, 5.74) is -1.43. The molecule has 0 aliphatic heterocycles. The van der Waals surface area contributed by atoms with Gasteiger partial charge in [-0.3, -0.25) is 0 Å². The highest BCUT2D eigenvalue weighted by atomic mass is 79.9. The second-order valence-electron chi connectivity index (χ2n) is 4.31. The molecule has 3 N–H and O–H groups in total. The number of aryl methyl sites for hydroxylation is 1. The van der Waals surface area contributed by atoms with E-state index in [-0.39, 0.29) is 4.90 Å². The fourth-order valence-corrected chi connectivity index (χ4v) is 2.64. The zero-order valence-electron chi connectivity index (χ0n) is 10.3. The third-order valence-corrected chi connectivity index (χ3v) is 4.80. The van der Waals surface area contributed by atoms with E-state index < -0.39 is 28.1 Å². The van der Waals surface area contributed by atoms with Crippen LogP contribution < -0.4 is 4.72 Å². The van der Waals surface area contributed by atoms with E-state index in [2.05, 4.69) is 20.7 Å². The van der Waals surface area contributed by atoms with Crippen LogP contribution in [0, 0.1) is 6.92 Å². The molecule has 0 aromatic heterocycles. The van der Waals surface area contributed by atoms with Crippen molar-refractivity contribution in [1.82, 2.24) is 4.72 Å². The molecule has 0 aliphatic carbocycles. The summed E-state index contributed by atoms with van der Waals surface area (Å²) in [6.07, 6.45) is 0. The first-order chi connectivity index (χ1) is 8.56. The zero-order valence-corrected chi connectivity index (χ0v) is 12.7. The van der Waals surface area contributed by atoms with Crippen LogP contribution in [0.4, 0.5) is 0 Å². The molecule has 1 aromatic carbocycles. The van der Waals surface area contributed by atoms with Crippen molar-refractivity contribution in [2.45, 2.75) is 24.3 Å². The second kappa shape index (κ2) is 5.58. The molecule has 0 radical (unpaired) electrons. The Labute approximate surface area is 119 Å². The van der Waals surface area contributed by atoms with E-state index >= 15 is 0 Å². The summed E-state index contributed by atoms with van der Waals surface area (Å²) in [4.78, 5) is 10.7. The largest absolute Gasteiger partial charge is 0.479 e. The van der Waals surface area contributed by atoms with Crippen molar-refractivity contribution in [2.75, 3.05) is 6.54 Å². The Morgan fingerprint density at radius 1 is 1.47 bits per heavy atom. The third kappa shape index (κ3) is 4.00. The summed E-state index contributed by atoms with van der Waals surface area (Å²) in [5.74, 6) is -1.50. The molecule has 0 saturated carbocycles. The molecule has 1 rings (SSSR count). The van der Waals surface area contributed by atoms with Crippen molar-refractivity contribution in [1.29, 1.82) is 0 Å². The fourth-order valence-electron chi connectivity index (χ4n) is 1.18. The molecule has 19 heavy (non-hydrogen) atoms. The molecule has 1 unspecified atom stereocenters. The molecule has 0 saturated heterocycles. The van der Waals surface area contributed by atoms with Gasteiger partial charge in [-0.05, 0) is 37.6 Å². The van der Waals surface area contributed by atoms with Crippen LogP contribution in [0.2, 0.25) is 0 Å². The Morgan fingerprint density at radius 3 is 2.53 bits per heavy atom. The monoisotopic (exact) mass is 351 g/mol. The average molecular weight is 352 g/mol. The van der Waals surface area contributed by atoms with Gasteiger partial charge in [0.05, 0.1) is 11.4 Å². The molecule has 0 heterocycles. The lowest BCUT2D eigenvalue weighted by Crippen LogP contribution is -2.46. The lowest BCUT2D eigenvalue weighted by Gasteiger charge is -2.18. The number of hydrogen-bond acceptors (Lipinski definition) is 4. The van der Waals surface area contributed by atoms with Crippen LogP contribution in [0.1, 0.15) is 12.5 Å². The number of carboxylic acids is 1. The van der Waals surface area contributed by atoms with Gasteiger partial charge in [0.2, 0.25) is 10.0 Å². The summed E-state index contributed by atoms with van der Waals surface area (Å²) < 4.78 is 26.7. The predicted octanol–water partition coefficient (Wildman–Crippen LogP) is 0.871. The highest BCUT2D eigenvalue weighted by Crippen LogP contribution is 2.20. The van der Waals surface area contributed by atoms with E-state index in [9.17, 15) is 18.3 Å². The van der Waals surface area contributed by atoms with E-state index in [1.54, 1.807) is 13.0 Å². The molecule has 0 amide bonds. The van der Waals surface area contributed by atoms with Gasteiger partial charge in [-0.15, -0.1) is 0 Å². The Hall–Kier alpha value is -0.960. The van der Waals surface area contributed by atoms with E-state index in [0.717, 1.165) is 17.0 Å². The van der Waals surface area contributed by atoms with Gasteiger partial charge in [0.15, 0.2) is 5.60 Å². The maximum absolute atomic E-state index is 11.9. The number of rotatable bonds is 5. The molecule has 1 aromatic rings. The molecule has 6 nitrogen and oxygen atoms in total. The van der Waals surface area contributed by atoms with Gasteiger partial charge in [0, 0.05) is 4.47 Å². The molecule has 0 aliphatic rings. The highest BCUT2D eigenvalue weighted by Gasteiger charge is 2.31. The first-order valence-corrected chi connectivity index (χ1v) is 7.55. The normalized spacial score (nSPS) is 14.9. The molecule has 1 atom stereocenters. The van der Waals surface area contributed by atoms with Gasteiger partial charge in [-0.2, -0.15) is 0 Å². The van der Waals surface area contributed by atoms with Gasteiger partial charge in [-0.1, -0.05) is 15.9 Å². The fraction of sp³-hybridized carbons (Fsp3) is 0.364. The van der Waals surface area contributed by atoms with E-state index in [4.69, 9.17) is 5.11 Å². The number of aliphatic carboxylic acids is 1. The summed E-state index contributed by atoms with van der Waals surface area (Å²) in [7, 11) is -3.86. The van der Waals surface area contributed by atoms with Gasteiger partial charge in [0.25, 0.3) is 0 Å². The molecular formula is C11H14BrNO5S. The number of carboxylic acid groups (broad SMARTS) is 1. The number of hydrogen-bond donors (Lipinski definition) is 3. The maximum Gasteiger partial charge on any atom is 0.336 e. The van der Waals surface area contributed by atoms with Crippen LogP contribution in [0.25, 0.3) is 0 Å². The number of benzene rings is 1. The average Bonchev–Trinajstić information content (AvgIpc) is 2.30. The Balaban J connectivity index is 2.93. The van der Waals surface area contributed by atoms with Gasteiger partial charge in [0.1, 0.15) is 0 Å². The zero-order chi connectivity index (χ0) is 14.8. The van der Waals surface area contributed by atoms with Crippen LogP contribution in [0.5, 0.6) is 0 Å². The number of sulfonamides is 1. The number of nitrogens with one attached hydrogen (secondary N) is 1. The van der Waals surface area contributed by atoms with Crippen molar-refractivity contribution in [3.05, 3.63) is 28.2 Å². The molecular weight excluding hydrogens is 338 g/mol. The molecule has 106 valence electrons.